The van der Waals surface area contributed by atoms with Gasteiger partial charge >= 0.3 is 23.1 Å². The van der Waals surface area contributed by atoms with Crippen LogP contribution in [-0.2, 0) is 19.1 Å². The van der Waals surface area contributed by atoms with Crippen molar-refractivity contribution in [2.45, 2.75) is 13.8 Å². The van der Waals surface area contributed by atoms with Gasteiger partial charge in [0.2, 0.25) is 0 Å². The molecule has 0 aliphatic rings. The van der Waals surface area contributed by atoms with Crippen LogP contribution in [0.2, 0.25) is 0 Å². The van der Waals surface area contributed by atoms with Crippen LogP contribution in [-0.4, -0.2) is 48.2 Å². The van der Waals surface area contributed by atoms with Crippen LogP contribution in [0, 0.1) is 6.42 Å². The summed E-state index contributed by atoms with van der Waals surface area (Å²) in [6.07, 6.45) is 0.785. The van der Waals surface area contributed by atoms with E-state index in [2.05, 4.69) is 9.47 Å². The average Bonchev–Trinajstić information content (AvgIpc) is 1.87. The van der Waals surface area contributed by atoms with E-state index in [1.807, 2.05) is 0 Å². The maximum Gasteiger partial charge on any atom is 2.00 e. The fourth-order valence-electron chi connectivity index (χ4n) is 0.464. The van der Waals surface area contributed by atoms with Gasteiger partial charge in [0.25, 0.3) is 0 Å². The number of rotatable bonds is 4. The zero-order chi connectivity index (χ0) is 8.69. The van der Waals surface area contributed by atoms with Crippen LogP contribution in [0.1, 0.15) is 13.8 Å². The van der Waals surface area contributed by atoms with Crippen molar-refractivity contribution in [1.82, 2.24) is 0 Å². The van der Waals surface area contributed by atoms with Crippen LogP contribution < -0.4 is 17.0 Å². The smallest absolute Gasteiger partial charge is 1.00 e. The second-order valence-electron chi connectivity index (χ2n) is 1.65. The summed E-state index contributed by atoms with van der Waals surface area (Å²) in [6, 6.07) is 0. The Kier molecular flexibility index (Phi) is 17.4. The zero-order valence-corrected chi connectivity index (χ0v) is 10.7. The van der Waals surface area contributed by atoms with Gasteiger partial charge in [-0.25, -0.2) is 0 Å². The fourth-order valence-corrected chi connectivity index (χ4v) is 0.464. The minimum Gasteiger partial charge on any atom is -1.00 e. The van der Waals surface area contributed by atoms with E-state index in [9.17, 15) is 9.59 Å². The van der Waals surface area contributed by atoms with Crippen molar-refractivity contribution >= 4 is 35.0 Å². The van der Waals surface area contributed by atoms with E-state index in [1.165, 1.54) is 0 Å². The maximum atomic E-state index is 10.5. The molecule has 0 spiro atoms. The predicted molar refractivity (Wildman–Crippen MR) is 43.3 cm³/mol. The molecule has 0 rings (SSSR count). The molecule has 0 saturated carbocycles. The van der Waals surface area contributed by atoms with Gasteiger partial charge in [0.1, 0.15) is 0 Å². The number of ether oxygens (including phenoxy) is 2. The SMILES string of the molecule is CCOC(=O)[CH-]C(=O)OCC.[Br-].[Mg+2]. The first-order chi connectivity index (χ1) is 5.20. The van der Waals surface area contributed by atoms with Gasteiger partial charge in [0.05, 0.1) is 13.2 Å². The molecule has 0 aliphatic carbocycles. The summed E-state index contributed by atoms with van der Waals surface area (Å²) in [7, 11) is 0. The monoisotopic (exact) mass is 262 g/mol. The van der Waals surface area contributed by atoms with E-state index < -0.39 is 11.9 Å². The Morgan fingerprint density at radius 2 is 1.38 bits per heavy atom. The number of hydrogen-bond acceptors (Lipinski definition) is 4. The third kappa shape index (κ3) is 12.1. The molecule has 0 heterocycles. The van der Waals surface area contributed by atoms with E-state index in [0.717, 1.165) is 6.42 Å². The van der Waals surface area contributed by atoms with Crippen molar-refractivity contribution in [3.63, 3.8) is 0 Å². The van der Waals surface area contributed by atoms with Crippen LogP contribution in [0.15, 0.2) is 0 Å². The third-order valence-electron chi connectivity index (χ3n) is 0.809. The van der Waals surface area contributed by atoms with Gasteiger partial charge in [-0.1, -0.05) is 0 Å². The van der Waals surface area contributed by atoms with Gasteiger partial charge in [0, 0.05) is 0 Å². The first-order valence-electron chi connectivity index (χ1n) is 3.39. The molecule has 6 heteroatoms. The molecule has 0 amide bonds. The number of carbonyl (C=O) groups is 2. The molecule has 0 aliphatic heterocycles. The first kappa shape index (κ1) is 18.8. The van der Waals surface area contributed by atoms with E-state index in [1.54, 1.807) is 13.8 Å². The standard InChI is InChI=1S/C7H11O4.BrH.Mg/c1-3-10-6(8)5-7(9)11-4-2;;/h5H,3-4H2,1-2H3;1H;/q-1;;+2/p-1. The van der Waals surface area contributed by atoms with Crippen molar-refractivity contribution < 1.29 is 36.0 Å². The quantitative estimate of drug-likeness (QED) is 0.234. The Balaban J connectivity index is -0.000000500. The van der Waals surface area contributed by atoms with Crippen LogP contribution in [0.4, 0.5) is 0 Å². The number of halogens is 1. The zero-order valence-electron chi connectivity index (χ0n) is 7.71. The Labute approximate surface area is 104 Å². The van der Waals surface area contributed by atoms with Gasteiger partial charge in [-0.15, -0.1) is 0 Å². The van der Waals surface area contributed by atoms with E-state index in [4.69, 9.17) is 0 Å². The number of hydrogen-bond donors (Lipinski definition) is 0. The molecule has 0 fully saturated rings. The minimum absolute atomic E-state index is 0. The Hall–Kier alpha value is 0.0562. The summed E-state index contributed by atoms with van der Waals surface area (Å²) >= 11 is 0. The summed E-state index contributed by atoms with van der Waals surface area (Å²) in [4.78, 5) is 21.1. The molecule has 0 aromatic rings. The van der Waals surface area contributed by atoms with Crippen molar-refractivity contribution in [2.24, 2.45) is 0 Å². The maximum absolute atomic E-state index is 10.5. The van der Waals surface area contributed by atoms with Gasteiger partial charge in [-0.05, 0) is 13.8 Å². The summed E-state index contributed by atoms with van der Waals surface area (Å²) < 4.78 is 8.93. The van der Waals surface area contributed by atoms with E-state index >= 15 is 0 Å². The second kappa shape index (κ2) is 12.1. The van der Waals surface area contributed by atoms with Gasteiger partial charge in [-0.3, -0.25) is 9.59 Å². The molecule has 0 N–H and O–H groups in total. The molecule has 13 heavy (non-hydrogen) atoms. The Morgan fingerprint density at radius 3 is 1.62 bits per heavy atom. The molecule has 0 atom stereocenters. The summed E-state index contributed by atoms with van der Waals surface area (Å²) in [5.41, 5.74) is 0. The normalized spacial score (nSPS) is 7.23. The third-order valence-corrected chi connectivity index (χ3v) is 0.809. The van der Waals surface area contributed by atoms with Crippen molar-refractivity contribution in [3.05, 3.63) is 6.42 Å². The molecule has 0 unspecified atom stereocenters. The van der Waals surface area contributed by atoms with Crippen molar-refractivity contribution in [3.8, 4) is 0 Å². The summed E-state index contributed by atoms with van der Waals surface area (Å²) in [5.74, 6) is -1.32. The number of carbonyl (C=O) groups excluding carboxylic acids is 2. The largest absolute Gasteiger partial charge is 2.00 e. The topological polar surface area (TPSA) is 52.6 Å². The van der Waals surface area contributed by atoms with E-state index in [0.29, 0.717) is 0 Å². The number of esters is 2. The first-order valence-corrected chi connectivity index (χ1v) is 3.39. The van der Waals surface area contributed by atoms with E-state index in [-0.39, 0.29) is 53.2 Å². The van der Waals surface area contributed by atoms with Crippen molar-refractivity contribution in [1.29, 1.82) is 0 Å². The van der Waals surface area contributed by atoms with Gasteiger partial charge in [-0.2, -0.15) is 6.42 Å². The molecule has 0 bridgehead atoms. The molecule has 72 valence electrons. The average molecular weight is 263 g/mol. The summed E-state index contributed by atoms with van der Waals surface area (Å²) in [5, 5.41) is 0. The molecule has 0 aromatic heterocycles. The Morgan fingerprint density at radius 1 is 1.08 bits per heavy atom. The predicted octanol–water partition coefficient (Wildman–Crippen LogP) is -3.06. The Bertz CT molecular complexity index is 135. The van der Waals surface area contributed by atoms with Gasteiger partial charge in [0.15, 0.2) is 11.9 Å². The minimum atomic E-state index is -0.661. The van der Waals surface area contributed by atoms with Gasteiger partial charge < -0.3 is 26.5 Å². The van der Waals surface area contributed by atoms with Crippen LogP contribution in [0.3, 0.4) is 0 Å². The second-order valence-corrected chi connectivity index (χ2v) is 1.65. The van der Waals surface area contributed by atoms with Crippen molar-refractivity contribution in [2.75, 3.05) is 13.2 Å². The molecule has 0 aromatic carbocycles. The van der Waals surface area contributed by atoms with Crippen LogP contribution in [0.5, 0.6) is 0 Å². The molecule has 0 radical (unpaired) electrons. The molecular formula is C7H11BrMgO4. The fraction of sp³-hybridized carbons (Fsp3) is 0.571. The molecular weight excluding hydrogens is 252 g/mol. The molecule has 4 nitrogen and oxygen atoms in total. The van der Waals surface area contributed by atoms with Crippen LogP contribution in [0.25, 0.3) is 0 Å². The summed E-state index contributed by atoms with van der Waals surface area (Å²) in [6.45, 7) is 3.84. The molecule has 0 saturated heterocycles. The van der Waals surface area contributed by atoms with Crippen LogP contribution >= 0.6 is 0 Å².